The van der Waals surface area contributed by atoms with Crippen molar-refractivity contribution in [3.63, 3.8) is 0 Å². The SMILES string of the molecule is O=[N+]([O-])c1cc(C(F)F)cc(O)c1Br. The number of hydrogen-bond acceptors (Lipinski definition) is 3. The van der Waals surface area contributed by atoms with Gasteiger partial charge in [0.2, 0.25) is 0 Å². The van der Waals surface area contributed by atoms with Crippen LogP contribution in [0.1, 0.15) is 12.0 Å². The van der Waals surface area contributed by atoms with Crippen molar-refractivity contribution in [3.8, 4) is 5.75 Å². The molecular formula is C7H4BrF2NO3. The van der Waals surface area contributed by atoms with Crippen molar-refractivity contribution in [3.05, 3.63) is 32.3 Å². The zero-order valence-electron chi connectivity index (χ0n) is 6.58. The number of alkyl halides is 2. The zero-order chi connectivity index (χ0) is 10.9. The normalized spacial score (nSPS) is 10.6. The van der Waals surface area contributed by atoms with Crippen LogP contribution in [0.2, 0.25) is 0 Å². The number of nitro groups is 1. The minimum atomic E-state index is -2.85. The van der Waals surface area contributed by atoms with Gasteiger partial charge in [0.05, 0.1) is 4.92 Å². The van der Waals surface area contributed by atoms with E-state index in [-0.39, 0.29) is 4.47 Å². The van der Waals surface area contributed by atoms with Crippen molar-refractivity contribution in [2.45, 2.75) is 6.43 Å². The number of aromatic hydroxyl groups is 1. The van der Waals surface area contributed by atoms with Crippen LogP contribution in [0.4, 0.5) is 14.5 Å². The maximum Gasteiger partial charge on any atom is 0.287 e. The van der Waals surface area contributed by atoms with E-state index < -0.39 is 28.3 Å². The molecule has 0 unspecified atom stereocenters. The van der Waals surface area contributed by atoms with E-state index in [0.29, 0.717) is 6.07 Å². The molecule has 0 amide bonds. The van der Waals surface area contributed by atoms with Gasteiger partial charge in [-0.3, -0.25) is 10.1 Å². The van der Waals surface area contributed by atoms with Crippen LogP contribution in [0.15, 0.2) is 16.6 Å². The molecule has 0 heterocycles. The van der Waals surface area contributed by atoms with Gasteiger partial charge in [0.15, 0.2) is 0 Å². The summed E-state index contributed by atoms with van der Waals surface area (Å²) < 4.78 is 24.1. The highest BCUT2D eigenvalue weighted by atomic mass is 79.9. The molecule has 0 fully saturated rings. The number of hydrogen-bond donors (Lipinski definition) is 1. The third kappa shape index (κ3) is 1.98. The van der Waals surface area contributed by atoms with Crippen LogP contribution in [0, 0.1) is 10.1 Å². The molecule has 0 bridgehead atoms. The monoisotopic (exact) mass is 267 g/mol. The molecule has 0 aliphatic carbocycles. The maximum absolute atomic E-state index is 12.2. The van der Waals surface area contributed by atoms with E-state index in [4.69, 9.17) is 5.11 Å². The van der Waals surface area contributed by atoms with Gasteiger partial charge in [-0.1, -0.05) is 0 Å². The smallest absolute Gasteiger partial charge is 0.287 e. The Labute approximate surface area is 85.4 Å². The number of nitrogens with zero attached hydrogens (tertiary/aromatic N) is 1. The molecule has 1 rings (SSSR count). The van der Waals surface area contributed by atoms with E-state index in [9.17, 15) is 18.9 Å². The zero-order valence-corrected chi connectivity index (χ0v) is 8.16. The van der Waals surface area contributed by atoms with E-state index in [0.717, 1.165) is 6.07 Å². The lowest BCUT2D eigenvalue weighted by molar-refractivity contribution is -0.385. The molecule has 0 saturated carbocycles. The van der Waals surface area contributed by atoms with Crippen molar-refractivity contribution in [1.82, 2.24) is 0 Å². The third-order valence-electron chi connectivity index (χ3n) is 1.51. The molecule has 0 saturated heterocycles. The van der Waals surface area contributed by atoms with Crippen LogP contribution in [0.25, 0.3) is 0 Å². The summed E-state index contributed by atoms with van der Waals surface area (Å²) in [6.45, 7) is 0. The highest BCUT2D eigenvalue weighted by Gasteiger charge is 2.20. The minimum absolute atomic E-state index is 0.202. The summed E-state index contributed by atoms with van der Waals surface area (Å²) in [5.41, 5.74) is -1.17. The molecule has 0 aromatic heterocycles. The Balaban J connectivity index is 3.35. The van der Waals surface area contributed by atoms with Crippen molar-refractivity contribution in [2.24, 2.45) is 0 Å². The van der Waals surface area contributed by atoms with Gasteiger partial charge in [-0.2, -0.15) is 0 Å². The molecular weight excluding hydrogens is 264 g/mol. The minimum Gasteiger partial charge on any atom is -0.506 e. The second-order valence-corrected chi connectivity index (χ2v) is 3.22. The van der Waals surface area contributed by atoms with Crippen molar-refractivity contribution in [1.29, 1.82) is 0 Å². The highest BCUT2D eigenvalue weighted by molar-refractivity contribution is 9.10. The predicted molar refractivity (Wildman–Crippen MR) is 47.4 cm³/mol. The van der Waals surface area contributed by atoms with E-state index >= 15 is 0 Å². The molecule has 1 N–H and O–H groups in total. The summed E-state index contributed by atoms with van der Waals surface area (Å²) >= 11 is 2.73. The fraction of sp³-hybridized carbons (Fsp3) is 0.143. The second kappa shape index (κ2) is 3.87. The lowest BCUT2D eigenvalue weighted by atomic mass is 10.2. The number of rotatable bonds is 2. The first-order valence-electron chi connectivity index (χ1n) is 3.38. The molecule has 0 radical (unpaired) electrons. The number of halogens is 3. The molecule has 76 valence electrons. The first kappa shape index (κ1) is 10.8. The van der Waals surface area contributed by atoms with Crippen LogP contribution >= 0.6 is 15.9 Å². The van der Waals surface area contributed by atoms with Crippen LogP contribution < -0.4 is 0 Å². The molecule has 0 atom stereocenters. The van der Waals surface area contributed by atoms with Crippen LogP contribution in [0.5, 0.6) is 5.75 Å². The fourth-order valence-corrected chi connectivity index (χ4v) is 1.25. The van der Waals surface area contributed by atoms with Crippen molar-refractivity contribution >= 4 is 21.6 Å². The highest BCUT2D eigenvalue weighted by Crippen LogP contribution is 2.37. The molecule has 0 spiro atoms. The predicted octanol–water partition coefficient (Wildman–Crippen LogP) is 3.00. The lowest BCUT2D eigenvalue weighted by Crippen LogP contribution is -1.93. The first-order valence-corrected chi connectivity index (χ1v) is 4.17. The van der Waals surface area contributed by atoms with Crippen LogP contribution in [-0.2, 0) is 0 Å². The van der Waals surface area contributed by atoms with Gasteiger partial charge in [0, 0.05) is 11.6 Å². The summed E-state index contributed by atoms with van der Waals surface area (Å²) in [5.74, 6) is -0.575. The van der Waals surface area contributed by atoms with Gasteiger partial charge in [-0.25, -0.2) is 8.78 Å². The van der Waals surface area contributed by atoms with E-state index in [1.54, 1.807) is 0 Å². The summed E-state index contributed by atoms with van der Waals surface area (Å²) in [6, 6.07) is 1.50. The number of phenolic OH excluding ortho intramolecular Hbond substituents is 1. The summed E-state index contributed by atoms with van der Waals surface area (Å²) in [4.78, 5) is 9.52. The molecule has 4 nitrogen and oxygen atoms in total. The Morgan fingerprint density at radius 1 is 1.50 bits per heavy atom. The first-order chi connectivity index (χ1) is 6.43. The quantitative estimate of drug-likeness (QED) is 0.662. The molecule has 1 aromatic carbocycles. The Morgan fingerprint density at radius 2 is 2.07 bits per heavy atom. The lowest BCUT2D eigenvalue weighted by Gasteiger charge is -2.03. The number of nitro benzene ring substituents is 1. The Bertz CT molecular complexity index is 383. The van der Waals surface area contributed by atoms with Crippen LogP contribution in [0.3, 0.4) is 0 Å². The average molecular weight is 268 g/mol. The molecule has 1 aromatic rings. The number of benzene rings is 1. The average Bonchev–Trinajstić information content (AvgIpc) is 2.08. The Morgan fingerprint density at radius 3 is 2.50 bits per heavy atom. The summed E-state index contributed by atoms with van der Waals surface area (Å²) in [7, 11) is 0. The standard InChI is InChI=1S/C7H4BrF2NO3/c8-6-4(11(13)14)1-3(7(9)10)2-5(6)12/h1-2,7,12H. The van der Waals surface area contributed by atoms with Crippen LogP contribution in [-0.4, -0.2) is 10.0 Å². The summed E-state index contributed by atoms with van der Waals surface area (Å²) in [6.07, 6.45) is -2.85. The Hall–Kier alpha value is -1.24. The largest absolute Gasteiger partial charge is 0.506 e. The van der Waals surface area contributed by atoms with Gasteiger partial charge in [-0.05, 0) is 22.0 Å². The van der Waals surface area contributed by atoms with Gasteiger partial charge >= 0.3 is 0 Å². The molecule has 0 aliphatic rings. The van der Waals surface area contributed by atoms with Gasteiger partial charge in [0.25, 0.3) is 12.1 Å². The molecule has 14 heavy (non-hydrogen) atoms. The van der Waals surface area contributed by atoms with E-state index in [1.807, 2.05) is 0 Å². The second-order valence-electron chi connectivity index (χ2n) is 2.43. The van der Waals surface area contributed by atoms with E-state index in [1.165, 1.54) is 0 Å². The molecule has 7 heteroatoms. The third-order valence-corrected chi connectivity index (χ3v) is 2.32. The van der Waals surface area contributed by atoms with Gasteiger partial charge < -0.3 is 5.11 Å². The van der Waals surface area contributed by atoms with Crippen molar-refractivity contribution in [2.75, 3.05) is 0 Å². The topological polar surface area (TPSA) is 63.4 Å². The summed E-state index contributed by atoms with van der Waals surface area (Å²) in [5, 5.41) is 19.5. The molecule has 0 aliphatic heterocycles. The van der Waals surface area contributed by atoms with Gasteiger partial charge in [0.1, 0.15) is 10.2 Å². The van der Waals surface area contributed by atoms with Crippen molar-refractivity contribution < 1.29 is 18.8 Å². The number of phenols is 1. The Kier molecular flexibility index (Phi) is 3.00. The fourth-order valence-electron chi connectivity index (χ4n) is 0.874. The van der Waals surface area contributed by atoms with Gasteiger partial charge in [-0.15, -0.1) is 0 Å². The maximum atomic E-state index is 12.2. The van der Waals surface area contributed by atoms with E-state index in [2.05, 4.69) is 15.9 Å².